The van der Waals surface area contributed by atoms with E-state index in [1.165, 1.54) is 24.0 Å². The Morgan fingerprint density at radius 1 is 1.37 bits per heavy atom. The van der Waals surface area contributed by atoms with Gasteiger partial charge in [-0.1, -0.05) is 23.2 Å². The van der Waals surface area contributed by atoms with Crippen LogP contribution >= 0.6 is 23.2 Å². The van der Waals surface area contributed by atoms with Crippen LogP contribution in [0.3, 0.4) is 0 Å². The molecular weight excluding hydrogens is 289 g/mol. The van der Waals surface area contributed by atoms with Crippen LogP contribution in [0.5, 0.6) is 0 Å². The van der Waals surface area contributed by atoms with Crippen molar-refractivity contribution in [3.05, 3.63) is 33.8 Å². The number of carboxylic acid groups (broad SMARTS) is 1. The third-order valence-corrected chi connectivity index (χ3v) is 3.67. The molecule has 102 valence electrons. The van der Waals surface area contributed by atoms with E-state index in [1.807, 2.05) is 0 Å². The number of nitrogens with zero attached hydrogens (tertiary/aromatic N) is 1. The largest absolute Gasteiger partial charge is 0.480 e. The minimum absolute atomic E-state index is 0.0198. The molecule has 1 aromatic rings. The second-order valence-electron chi connectivity index (χ2n) is 4.58. The van der Waals surface area contributed by atoms with E-state index in [0.717, 1.165) is 12.8 Å². The summed E-state index contributed by atoms with van der Waals surface area (Å²) in [4.78, 5) is 24.9. The van der Waals surface area contributed by atoms with Crippen LogP contribution in [0.15, 0.2) is 18.2 Å². The van der Waals surface area contributed by atoms with Crippen LogP contribution in [0, 0.1) is 0 Å². The molecule has 1 aromatic carbocycles. The van der Waals surface area contributed by atoms with Gasteiger partial charge in [0.15, 0.2) is 0 Å². The van der Waals surface area contributed by atoms with Gasteiger partial charge in [0.05, 0.1) is 10.6 Å². The van der Waals surface area contributed by atoms with Gasteiger partial charge >= 0.3 is 5.97 Å². The molecule has 6 heteroatoms. The standard InChI is InChI=1S/C13H13Cl2NO3/c1-7(13(18)19)16(9-3-4-9)12(17)10-6-8(14)2-5-11(10)15/h2,5-7,9H,3-4H2,1H3,(H,18,19). The Hall–Kier alpha value is -1.26. The topological polar surface area (TPSA) is 57.6 Å². The summed E-state index contributed by atoms with van der Waals surface area (Å²) in [7, 11) is 0. The highest BCUT2D eigenvalue weighted by molar-refractivity contribution is 6.35. The molecule has 0 spiro atoms. The van der Waals surface area contributed by atoms with Crippen molar-refractivity contribution in [2.24, 2.45) is 0 Å². The molecule has 0 aliphatic heterocycles. The molecule has 1 aliphatic carbocycles. The number of benzene rings is 1. The first-order valence-corrected chi connectivity index (χ1v) is 6.68. The third-order valence-electron chi connectivity index (χ3n) is 3.11. The number of amides is 1. The van der Waals surface area contributed by atoms with Crippen LogP contribution in [-0.4, -0.2) is 34.0 Å². The zero-order chi connectivity index (χ0) is 14.2. The Morgan fingerprint density at radius 2 is 2.00 bits per heavy atom. The van der Waals surface area contributed by atoms with Crippen molar-refractivity contribution < 1.29 is 14.7 Å². The van der Waals surface area contributed by atoms with Crippen molar-refractivity contribution in [3.8, 4) is 0 Å². The van der Waals surface area contributed by atoms with Gasteiger partial charge in [-0.2, -0.15) is 0 Å². The van der Waals surface area contributed by atoms with Gasteiger partial charge in [-0.25, -0.2) is 4.79 Å². The van der Waals surface area contributed by atoms with Gasteiger partial charge in [0.25, 0.3) is 5.91 Å². The van der Waals surface area contributed by atoms with Crippen LogP contribution in [0.2, 0.25) is 10.0 Å². The zero-order valence-corrected chi connectivity index (χ0v) is 11.8. The molecule has 1 atom stereocenters. The van der Waals surface area contributed by atoms with E-state index in [9.17, 15) is 9.59 Å². The van der Waals surface area contributed by atoms with Gasteiger partial charge in [0, 0.05) is 11.1 Å². The van der Waals surface area contributed by atoms with Gasteiger partial charge < -0.3 is 10.0 Å². The maximum atomic E-state index is 12.5. The van der Waals surface area contributed by atoms with Gasteiger partial charge in [0.2, 0.25) is 0 Å². The lowest BCUT2D eigenvalue weighted by Crippen LogP contribution is -2.44. The zero-order valence-electron chi connectivity index (χ0n) is 10.3. The molecule has 1 N–H and O–H groups in total. The Morgan fingerprint density at radius 3 is 2.53 bits per heavy atom. The van der Waals surface area contributed by atoms with Crippen LogP contribution < -0.4 is 0 Å². The highest BCUT2D eigenvalue weighted by Crippen LogP contribution is 2.32. The molecular formula is C13H13Cl2NO3. The molecule has 1 fully saturated rings. The van der Waals surface area contributed by atoms with E-state index in [2.05, 4.69) is 0 Å². The van der Waals surface area contributed by atoms with Crippen LogP contribution in [0.25, 0.3) is 0 Å². The third kappa shape index (κ3) is 3.01. The number of halogens is 2. The van der Waals surface area contributed by atoms with Crippen molar-refractivity contribution >= 4 is 35.1 Å². The highest BCUT2D eigenvalue weighted by atomic mass is 35.5. The van der Waals surface area contributed by atoms with Gasteiger partial charge in [0.1, 0.15) is 6.04 Å². The van der Waals surface area contributed by atoms with E-state index in [0.29, 0.717) is 5.02 Å². The summed E-state index contributed by atoms with van der Waals surface area (Å²) in [5.41, 5.74) is 0.245. The van der Waals surface area contributed by atoms with Crippen LogP contribution in [0.1, 0.15) is 30.1 Å². The number of carbonyl (C=O) groups excluding carboxylic acids is 1. The number of rotatable bonds is 4. The summed E-state index contributed by atoms with van der Waals surface area (Å²) in [6.45, 7) is 1.50. The molecule has 0 saturated heterocycles. The number of hydrogen-bond donors (Lipinski definition) is 1. The average molecular weight is 302 g/mol. The van der Waals surface area contributed by atoms with Gasteiger partial charge in [-0.3, -0.25) is 4.79 Å². The highest BCUT2D eigenvalue weighted by Gasteiger charge is 2.39. The van der Waals surface area contributed by atoms with Crippen LogP contribution in [-0.2, 0) is 4.79 Å². The molecule has 2 rings (SSSR count). The molecule has 1 amide bonds. The molecule has 1 unspecified atom stereocenters. The van der Waals surface area contributed by atoms with Crippen molar-refractivity contribution in [3.63, 3.8) is 0 Å². The van der Waals surface area contributed by atoms with E-state index in [4.69, 9.17) is 28.3 Å². The fourth-order valence-corrected chi connectivity index (χ4v) is 2.30. The Balaban J connectivity index is 2.34. The van der Waals surface area contributed by atoms with E-state index >= 15 is 0 Å². The van der Waals surface area contributed by atoms with E-state index in [1.54, 1.807) is 6.07 Å². The monoisotopic (exact) mass is 301 g/mol. The van der Waals surface area contributed by atoms with Gasteiger partial charge in [-0.15, -0.1) is 0 Å². The number of carbonyl (C=O) groups is 2. The maximum Gasteiger partial charge on any atom is 0.326 e. The minimum atomic E-state index is -1.03. The normalized spacial score (nSPS) is 15.9. The molecule has 0 heterocycles. The van der Waals surface area contributed by atoms with Crippen LogP contribution in [0.4, 0.5) is 0 Å². The molecule has 0 radical (unpaired) electrons. The minimum Gasteiger partial charge on any atom is -0.480 e. The molecule has 0 aromatic heterocycles. The summed E-state index contributed by atoms with van der Waals surface area (Å²) >= 11 is 11.8. The van der Waals surface area contributed by atoms with E-state index in [-0.39, 0.29) is 22.5 Å². The number of hydrogen-bond acceptors (Lipinski definition) is 2. The lowest BCUT2D eigenvalue weighted by atomic mass is 10.1. The molecule has 4 nitrogen and oxygen atoms in total. The van der Waals surface area contributed by atoms with Crippen molar-refractivity contribution in [2.75, 3.05) is 0 Å². The first-order valence-electron chi connectivity index (χ1n) is 5.92. The SMILES string of the molecule is CC(C(=O)O)N(C(=O)c1cc(Cl)ccc1Cl)C1CC1. The maximum absolute atomic E-state index is 12.5. The second kappa shape index (κ2) is 5.39. The number of aliphatic carboxylic acids is 1. The lowest BCUT2D eigenvalue weighted by Gasteiger charge is -2.26. The van der Waals surface area contributed by atoms with E-state index < -0.39 is 12.0 Å². The predicted octanol–water partition coefficient (Wildman–Crippen LogP) is 3.07. The average Bonchev–Trinajstić information content (AvgIpc) is 3.16. The second-order valence-corrected chi connectivity index (χ2v) is 5.43. The Bertz CT molecular complexity index is 529. The first-order chi connectivity index (χ1) is 8.91. The molecule has 19 heavy (non-hydrogen) atoms. The lowest BCUT2D eigenvalue weighted by molar-refractivity contribution is -0.141. The van der Waals surface area contributed by atoms with Gasteiger partial charge in [-0.05, 0) is 38.0 Å². The molecule has 1 aliphatic rings. The first kappa shape index (κ1) is 14.2. The summed E-state index contributed by atoms with van der Waals surface area (Å²) in [6, 6.07) is 3.69. The fourth-order valence-electron chi connectivity index (χ4n) is 1.93. The summed E-state index contributed by atoms with van der Waals surface area (Å²) in [5.74, 6) is -1.41. The predicted molar refractivity (Wildman–Crippen MR) is 72.8 cm³/mol. The Labute approximate surface area is 120 Å². The molecule has 0 bridgehead atoms. The summed E-state index contributed by atoms with van der Waals surface area (Å²) in [5, 5.41) is 9.77. The number of carboxylic acids is 1. The smallest absolute Gasteiger partial charge is 0.326 e. The summed E-state index contributed by atoms with van der Waals surface area (Å²) < 4.78 is 0. The quantitative estimate of drug-likeness (QED) is 0.930. The van der Waals surface area contributed by atoms with Crippen molar-refractivity contribution in [1.29, 1.82) is 0 Å². The molecule has 1 saturated carbocycles. The van der Waals surface area contributed by atoms with Crippen molar-refractivity contribution in [2.45, 2.75) is 31.8 Å². The summed E-state index contributed by atoms with van der Waals surface area (Å²) in [6.07, 6.45) is 1.64. The van der Waals surface area contributed by atoms with Crippen molar-refractivity contribution in [1.82, 2.24) is 4.90 Å². The Kier molecular flexibility index (Phi) is 4.02. The fraction of sp³-hybridized carbons (Fsp3) is 0.385.